The van der Waals surface area contributed by atoms with Crippen LogP contribution in [-0.4, -0.2) is 39.9 Å². The van der Waals surface area contributed by atoms with Crippen LogP contribution in [0.25, 0.3) is 11.0 Å². The Hall–Kier alpha value is -2.49. The molecule has 2 aliphatic rings. The molecule has 2 aromatic heterocycles. The van der Waals surface area contributed by atoms with Crippen LogP contribution in [0.2, 0.25) is 0 Å². The van der Waals surface area contributed by atoms with E-state index in [9.17, 15) is 13.5 Å². The molecule has 0 unspecified atom stereocenters. The fraction of sp³-hybridized carbons (Fsp3) is 0.455. The van der Waals surface area contributed by atoms with Gasteiger partial charge in [0, 0.05) is 12.2 Å². The summed E-state index contributed by atoms with van der Waals surface area (Å²) < 4.78 is 24.7. The molecule has 4 atom stereocenters. The predicted molar refractivity (Wildman–Crippen MR) is 119 cm³/mol. The van der Waals surface area contributed by atoms with Crippen molar-refractivity contribution in [3.8, 4) is 0 Å². The smallest absolute Gasteiger partial charge is 0.209 e. The lowest BCUT2D eigenvalue weighted by molar-refractivity contribution is 0.130. The molecule has 5 rings (SSSR count). The lowest BCUT2D eigenvalue weighted by Gasteiger charge is -2.16. The first-order valence-electron chi connectivity index (χ1n) is 10.7. The number of benzene rings is 1. The number of rotatable bonds is 6. The molecule has 164 valence electrons. The summed E-state index contributed by atoms with van der Waals surface area (Å²) in [6.07, 6.45) is 6.76. The van der Waals surface area contributed by atoms with E-state index < -0.39 is 16.1 Å². The lowest BCUT2D eigenvalue weighted by atomic mass is 10.0. The third kappa shape index (κ3) is 4.05. The fourth-order valence-corrected chi connectivity index (χ4v) is 5.81. The standard InChI is InChI=1S/C22H27N5O3S/c23-31(29,30)10-8-15-11-16(12-20(15)28)27-9-7-18-21(24-13-25-22(18)27)26-19-6-5-14-3-1-2-4-17(14)19/h1-4,7,9,13,15-16,19-20,28H,5-6,8,10-12H2,(H2,23,29,30)(H,24,25,26)/t15-,16-,19+,20+/m1/s1. The van der Waals surface area contributed by atoms with Crippen molar-refractivity contribution >= 4 is 26.9 Å². The Morgan fingerprint density at radius 1 is 1.19 bits per heavy atom. The zero-order valence-corrected chi connectivity index (χ0v) is 18.0. The van der Waals surface area contributed by atoms with E-state index in [1.807, 2.05) is 12.3 Å². The highest BCUT2D eigenvalue weighted by Crippen LogP contribution is 2.40. The van der Waals surface area contributed by atoms with Gasteiger partial charge in [0.05, 0.1) is 23.3 Å². The predicted octanol–water partition coefficient (Wildman–Crippen LogP) is 2.52. The van der Waals surface area contributed by atoms with Crippen LogP contribution in [0.1, 0.15) is 48.9 Å². The average molecular weight is 442 g/mol. The van der Waals surface area contributed by atoms with Crippen molar-refractivity contribution in [3.63, 3.8) is 0 Å². The average Bonchev–Trinajstić information content (AvgIpc) is 3.43. The first kappa shape index (κ1) is 20.4. The van der Waals surface area contributed by atoms with Crippen molar-refractivity contribution < 1.29 is 13.5 Å². The normalized spacial score (nSPS) is 25.7. The molecule has 8 nitrogen and oxygen atoms in total. The van der Waals surface area contributed by atoms with Crippen molar-refractivity contribution in [1.82, 2.24) is 14.5 Å². The SMILES string of the molecule is NS(=O)(=O)CC[C@@H]1C[C@@H](n2ccc3c(N[C@H]4CCc5ccccc54)ncnc32)C[C@@H]1O. The molecule has 1 fully saturated rings. The first-order valence-corrected chi connectivity index (χ1v) is 12.4. The summed E-state index contributed by atoms with van der Waals surface area (Å²) in [5, 5.41) is 20.2. The van der Waals surface area contributed by atoms with Crippen molar-refractivity contribution in [2.75, 3.05) is 11.1 Å². The van der Waals surface area contributed by atoms with Crippen LogP contribution in [0.3, 0.4) is 0 Å². The number of anilines is 1. The van der Waals surface area contributed by atoms with E-state index >= 15 is 0 Å². The van der Waals surface area contributed by atoms with Gasteiger partial charge in [0.2, 0.25) is 10.0 Å². The summed E-state index contributed by atoms with van der Waals surface area (Å²) in [4.78, 5) is 9.02. The Morgan fingerprint density at radius 3 is 2.87 bits per heavy atom. The molecule has 0 aliphatic heterocycles. The van der Waals surface area contributed by atoms with Gasteiger partial charge in [0.25, 0.3) is 0 Å². The van der Waals surface area contributed by atoms with Crippen molar-refractivity contribution in [2.24, 2.45) is 11.1 Å². The molecule has 4 N–H and O–H groups in total. The Balaban J connectivity index is 1.37. The minimum Gasteiger partial charge on any atom is -0.393 e. The molecule has 0 saturated heterocycles. The molecule has 2 aliphatic carbocycles. The molecule has 0 radical (unpaired) electrons. The summed E-state index contributed by atoms with van der Waals surface area (Å²) in [6, 6.07) is 10.8. The van der Waals surface area contributed by atoms with Gasteiger partial charge < -0.3 is 15.0 Å². The number of nitrogens with one attached hydrogen (secondary N) is 1. The van der Waals surface area contributed by atoms with Gasteiger partial charge in [0.15, 0.2) is 0 Å². The number of sulfonamides is 1. The second kappa shape index (κ2) is 7.89. The Morgan fingerprint density at radius 2 is 2.03 bits per heavy atom. The summed E-state index contributed by atoms with van der Waals surface area (Å²) in [6.45, 7) is 0. The van der Waals surface area contributed by atoms with E-state index in [2.05, 4.69) is 44.1 Å². The highest BCUT2D eigenvalue weighted by Gasteiger charge is 2.35. The summed E-state index contributed by atoms with van der Waals surface area (Å²) in [5.41, 5.74) is 3.53. The van der Waals surface area contributed by atoms with Crippen LogP contribution in [0.5, 0.6) is 0 Å². The largest absolute Gasteiger partial charge is 0.393 e. The van der Waals surface area contributed by atoms with Crippen molar-refractivity contribution in [3.05, 3.63) is 54.0 Å². The van der Waals surface area contributed by atoms with Crippen LogP contribution in [0.15, 0.2) is 42.9 Å². The van der Waals surface area contributed by atoms with E-state index in [-0.39, 0.29) is 23.8 Å². The van der Waals surface area contributed by atoms with Gasteiger partial charge >= 0.3 is 0 Å². The molecule has 9 heteroatoms. The van der Waals surface area contributed by atoms with Gasteiger partial charge in [-0.05, 0) is 55.2 Å². The van der Waals surface area contributed by atoms with Crippen molar-refractivity contribution in [1.29, 1.82) is 0 Å². The summed E-state index contributed by atoms with van der Waals surface area (Å²) in [5.74, 6) is 0.623. The van der Waals surface area contributed by atoms with E-state index in [4.69, 9.17) is 5.14 Å². The Labute approximate surface area is 181 Å². The molecular formula is C22H27N5O3S. The van der Waals surface area contributed by atoms with Gasteiger partial charge in [-0.2, -0.15) is 0 Å². The summed E-state index contributed by atoms with van der Waals surface area (Å²) >= 11 is 0. The second-order valence-corrected chi connectivity index (χ2v) is 10.5. The maximum Gasteiger partial charge on any atom is 0.209 e. The fourth-order valence-electron chi connectivity index (χ4n) is 5.18. The maximum absolute atomic E-state index is 11.3. The minimum absolute atomic E-state index is 0.0629. The minimum atomic E-state index is -3.53. The number of aryl methyl sites for hydroxylation is 1. The van der Waals surface area contributed by atoms with E-state index in [1.165, 1.54) is 11.1 Å². The van der Waals surface area contributed by atoms with E-state index in [0.29, 0.717) is 19.3 Å². The Bertz CT molecular complexity index is 1210. The number of primary sulfonamides is 1. The third-order valence-electron chi connectivity index (χ3n) is 6.75. The van der Waals surface area contributed by atoms with E-state index in [1.54, 1.807) is 6.33 Å². The quantitative estimate of drug-likeness (QED) is 0.540. The molecule has 1 saturated carbocycles. The van der Waals surface area contributed by atoms with Gasteiger partial charge in [-0.1, -0.05) is 24.3 Å². The zero-order valence-electron chi connectivity index (χ0n) is 17.2. The van der Waals surface area contributed by atoms with E-state index in [0.717, 1.165) is 29.7 Å². The number of hydrogen-bond donors (Lipinski definition) is 3. The topological polar surface area (TPSA) is 123 Å². The molecule has 0 bridgehead atoms. The first-order chi connectivity index (χ1) is 14.9. The van der Waals surface area contributed by atoms with Crippen LogP contribution in [-0.2, 0) is 16.4 Å². The highest BCUT2D eigenvalue weighted by molar-refractivity contribution is 7.89. The molecule has 0 amide bonds. The van der Waals surface area contributed by atoms with Crippen molar-refractivity contribution in [2.45, 2.75) is 50.3 Å². The molecule has 3 aromatic rings. The van der Waals surface area contributed by atoms with Crippen LogP contribution in [0.4, 0.5) is 5.82 Å². The zero-order chi connectivity index (χ0) is 21.6. The third-order valence-corrected chi connectivity index (χ3v) is 7.56. The summed E-state index contributed by atoms with van der Waals surface area (Å²) in [7, 11) is -3.53. The number of nitrogens with zero attached hydrogens (tertiary/aromatic N) is 3. The van der Waals surface area contributed by atoms with Gasteiger partial charge in [-0.15, -0.1) is 0 Å². The van der Waals surface area contributed by atoms with Gasteiger partial charge in [0.1, 0.15) is 17.8 Å². The molecular weight excluding hydrogens is 414 g/mol. The number of aromatic nitrogens is 3. The molecule has 2 heterocycles. The Kier molecular flexibility index (Phi) is 5.19. The second-order valence-electron chi connectivity index (χ2n) is 8.73. The molecule has 1 aromatic carbocycles. The van der Waals surface area contributed by atoms with Crippen LogP contribution >= 0.6 is 0 Å². The van der Waals surface area contributed by atoms with Crippen LogP contribution in [0, 0.1) is 5.92 Å². The number of fused-ring (bicyclic) bond motifs is 2. The van der Waals surface area contributed by atoms with Crippen LogP contribution < -0.4 is 10.5 Å². The number of aliphatic hydroxyl groups is 1. The highest BCUT2D eigenvalue weighted by atomic mass is 32.2. The van der Waals surface area contributed by atoms with Gasteiger partial charge in [-0.25, -0.2) is 23.5 Å². The monoisotopic (exact) mass is 441 g/mol. The molecule has 31 heavy (non-hydrogen) atoms. The number of aliphatic hydroxyl groups excluding tert-OH is 1. The maximum atomic E-state index is 11.3. The molecule has 0 spiro atoms. The lowest BCUT2D eigenvalue weighted by Crippen LogP contribution is -2.22. The number of hydrogen-bond acceptors (Lipinski definition) is 6. The number of nitrogens with two attached hydrogens (primary N) is 1. The van der Waals surface area contributed by atoms with Gasteiger partial charge in [-0.3, -0.25) is 0 Å².